The van der Waals surface area contributed by atoms with Crippen LogP contribution in [0.1, 0.15) is 22.3 Å². The van der Waals surface area contributed by atoms with E-state index in [-0.39, 0.29) is 0 Å². The molecule has 0 atom stereocenters. The third-order valence-electron chi connectivity index (χ3n) is 11.4. The molecular formula is C53H33N5O. The predicted octanol–water partition coefficient (Wildman–Crippen LogP) is 13.0. The molecule has 2 aromatic heterocycles. The minimum atomic E-state index is -0.640. The number of fused-ring (bicyclic) bond motifs is 5. The van der Waals surface area contributed by atoms with Gasteiger partial charge >= 0.3 is 0 Å². The first-order chi connectivity index (χ1) is 29.2. The Balaban J connectivity index is 1.14. The van der Waals surface area contributed by atoms with E-state index in [1.165, 1.54) is 0 Å². The fourth-order valence-corrected chi connectivity index (χ4v) is 8.76. The average molecular weight is 756 g/mol. The molecule has 10 aromatic rings. The minimum absolute atomic E-state index is 0.501. The SMILES string of the molecule is [C-]#[N+]c1ccc2c(c1)c1cc(-c3ccc4c(c3)C(c3ccccc3)(c3ccccc3)c3ccccc3O4)ccc1n2-c1nc(-c2ccccc2)nc(-c2ccccc2)n1. The summed E-state index contributed by atoms with van der Waals surface area (Å²) in [6.45, 7) is 7.91. The maximum absolute atomic E-state index is 7.91. The van der Waals surface area contributed by atoms with Crippen LogP contribution < -0.4 is 4.74 Å². The van der Waals surface area contributed by atoms with Gasteiger partial charge in [-0.2, -0.15) is 9.97 Å². The van der Waals surface area contributed by atoms with E-state index >= 15 is 0 Å². The third kappa shape index (κ3) is 5.52. The van der Waals surface area contributed by atoms with Crippen molar-refractivity contribution in [1.29, 1.82) is 0 Å². The molecule has 6 heteroatoms. The Bertz CT molecular complexity index is 3150. The fraction of sp³-hybridized carbons (Fsp3) is 0.0189. The standard InChI is InChI=1S/C53H33N5O/c1-54-41-28-30-47-43(34-41)42-32-37(26-29-46(42)58(47)52-56-50(35-16-6-2-7-17-35)55-51(57-52)36-18-8-3-9-19-36)38-27-31-49-45(33-38)53(39-20-10-4-11-21-39,40-22-12-5-13-23-40)44-24-14-15-25-48(44)59-49/h2-34H. The zero-order chi connectivity index (χ0) is 39.3. The average Bonchev–Trinajstić information content (AvgIpc) is 3.64. The molecule has 0 bridgehead atoms. The molecular weight excluding hydrogens is 723 g/mol. The highest BCUT2D eigenvalue weighted by atomic mass is 16.5. The van der Waals surface area contributed by atoms with E-state index < -0.39 is 5.41 Å². The number of benzene rings is 8. The maximum atomic E-state index is 7.91. The molecule has 0 amide bonds. The molecule has 0 unspecified atom stereocenters. The zero-order valence-electron chi connectivity index (χ0n) is 31.7. The topological polar surface area (TPSA) is 57.2 Å². The molecule has 1 aliphatic heterocycles. The molecule has 11 rings (SSSR count). The molecule has 6 nitrogen and oxygen atoms in total. The van der Waals surface area contributed by atoms with Crippen LogP contribution in [0.25, 0.3) is 66.5 Å². The van der Waals surface area contributed by atoms with E-state index in [0.29, 0.717) is 23.3 Å². The van der Waals surface area contributed by atoms with Gasteiger partial charge in [0.2, 0.25) is 5.95 Å². The molecule has 0 saturated carbocycles. The second kappa shape index (κ2) is 13.8. The van der Waals surface area contributed by atoms with Crippen LogP contribution in [0.3, 0.4) is 0 Å². The van der Waals surface area contributed by atoms with Gasteiger partial charge in [0.05, 0.1) is 23.0 Å². The van der Waals surface area contributed by atoms with E-state index in [9.17, 15) is 0 Å². The number of rotatable bonds is 6. The second-order valence-electron chi connectivity index (χ2n) is 14.7. The van der Waals surface area contributed by atoms with Gasteiger partial charge in [-0.1, -0.05) is 158 Å². The van der Waals surface area contributed by atoms with Crippen LogP contribution in [0.2, 0.25) is 0 Å². The van der Waals surface area contributed by atoms with Crippen molar-refractivity contribution in [2.45, 2.75) is 5.41 Å². The molecule has 0 spiro atoms. The lowest BCUT2D eigenvalue weighted by Gasteiger charge is -2.41. The Hall–Kier alpha value is -8.14. The van der Waals surface area contributed by atoms with Crippen LogP contribution in [-0.2, 0) is 5.41 Å². The van der Waals surface area contributed by atoms with Crippen LogP contribution in [0.5, 0.6) is 11.5 Å². The monoisotopic (exact) mass is 755 g/mol. The van der Waals surface area contributed by atoms with Crippen LogP contribution in [0.15, 0.2) is 200 Å². The van der Waals surface area contributed by atoms with E-state index in [4.69, 9.17) is 26.3 Å². The zero-order valence-corrected chi connectivity index (χ0v) is 31.7. The Morgan fingerprint density at radius 3 is 1.58 bits per heavy atom. The highest BCUT2D eigenvalue weighted by molar-refractivity contribution is 6.11. The quantitative estimate of drug-likeness (QED) is 0.159. The van der Waals surface area contributed by atoms with Gasteiger partial charge in [0.1, 0.15) is 11.5 Å². The molecule has 1 aliphatic rings. The molecule has 276 valence electrons. The summed E-state index contributed by atoms with van der Waals surface area (Å²) in [5, 5.41) is 1.93. The summed E-state index contributed by atoms with van der Waals surface area (Å²) < 4.78 is 8.80. The Morgan fingerprint density at radius 1 is 0.441 bits per heavy atom. The van der Waals surface area contributed by atoms with Gasteiger partial charge in [-0.05, 0) is 70.1 Å². The first kappa shape index (κ1) is 34.1. The van der Waals surface area contributed by atoms with Crippen molar-refractivity contribution < 1.29 is 4.74 Å². The van der Waals surface area contributed by atoms with Gasteiger partial charge in [-0.15, -0.1) is 0 Å². The molecule has 59 heavy (non-hydrogen) atoms. The largest absolute Gasteiger partial charge is 0.457 e. The number of hydrogen-bond acceptors (Lipinski definition) is 4. The Kier molecular flexibility index (Phi) is 7.99. The van der Waals surface area contributed by atoms with E-state index in [1.807, 2.05) is 84.9 Å². The summed E-state index contributed by atoms with van der Waals surface area (Å²) >= 11 is 0. The van der Waals surface area contributed by atoms with Crippen molar-refractivity contribution in [2.24, 2.45) is 0 Å². The first-order valence-corrected chi connectivity index (χ1v) is 19.6. The van der Waals surface area contributed by atoms with Crippen LogP contribution in [0, 0.1) is 6.57 Å². The summed E-state index contributed by atoms with van der Waals surface area (Å²) in [6.07, 6.45) is 0. The summed E-state index contributed by atoms with van der Waals surface area (Å²) in [4.78, 5) is 19.0. The molecule has 0 fully saturated rings. The molecule has 0 saturated heterocycles. The normalized spacial score (nSPS) is 12.7. The predicted molar refractivity (Wildman–Crippen MR) is 235 cm³/mol. The van der Waals surface area contributed by atoms with Crippen LogP contribution in [-0.4, -0.2) is 19.5 Å². The molecule has 0 N–H and O–H groups in total. The van der Waals surface area contributed by atoms with Gasteiger partial charge in [0, 0.05) is 27.6 Å². The molecule has 3 heterocycles. The summed E-state index contributed by atoms with van der Waals surface area (Å²) in [6, 6.07) is 68.7. The summed E-state index contributed by atoms with van der Waals surface area (Å²) in [5.41, 5.74) is 10.1. The minimum Gasteiger partial charge on any atom is -0.457 e. The van der Waals surface area contributed by atoms with Crippen molar-refractivity contribution in [1.82, 2.24) is 19.5 Å². The second-order valence-corrected chi connectivity index (χ2v) is 14.7. The van der Waals surface area contributed by atoms with Gasteiger partial charge in [0.15, 0.2) is 17.3 Å². The number of aromatic nitrogens is 4. The number of ether oxygens (including phenoxy) is 1. The highest BCUT2D eigenvalue weighted by Crippen LogP contribution is 2.56. The van der Waals surface area contributed by atoms with Crippen LogP contribution >= 0.6 is 0 Å². The van der Waals surface area contributed by atoms with Crippen molar-refractivity contribution in [3.63, 3.8) is 0 Å². The van der Waals surface area contributed by atoms with Gasteiger partial charge in [-0.25, -0.2) is 9.83 Å². The number of para-hydroxylation sites is 1. The van der Waals surface area contributed by atoms with Gasteiger partial charge in [0.25, 0.3) is 0 Å². The molecule has 8 aromatic carbocycles. The van der Waals surface area contributed by atoms with Crippen molar-refractivity contribution in [2.75, 3.05) is 0 Å². The van der Waals surface area contributed by atoms with E-state index in [1.54, 1.807) is 0 Å². The van der Waals surface area contributed by atoms with Gasteiger partial charge < -0.3 is 4.74 Å². The van der Waals surface area contributed by atoms with Crippen molar-refractivity contribution >= 4 is 27.5 Å². The lowest BCUT2D eigenvalue weighted by molar-refractivity contribution is 0.434. The lowest BCUT2D eigenvalue weighted by atomic mass is 9.63. The third-order valence-corrected chi connectivity index (χ3v) is 11.4. The maximum Gasteiger partial charge on any atom is 0.238 e. The Labute approximate surface area is 341 Å². The smallest absolute Gasteiger partial charge is 0.238 e. The van der Waals surface area contributed by atoms with Gasteiger partial charge in [-0.3, -0.25) is 4.57 Å². The first-order valence-electron chi connectivity index (χ1n) is 19.6. The molecule has 0 radical (unpaired) electrons. The number of nitrogens with zero attached hydrogens (tertiary/aromatic N) is 5. The van der Waals surface area contributed by atoms with Crippen molar-refractivity contribution in [3.8, 4) is 51.3 Å². The summed E-state index contributed by atoms with van der Waals surface area (Å²) in [7, 11) is 0. The lowest BCUT2D eigenvalue weighted by Crippen LogP contribution is -2.34. The van der Waals surface area contributed by atoms with Crippen molar-refractivity contribution in [3.05, 3.63) is 234 Å². The van der Waals surface area contributed by atoms with E-state index in [2.05, 4.69) is 125 Å². The fourth-order valence-electron chi connectivity index (χ4n) is 8.76. The van der Waals surface area contributed by atoms with Crippen LogP contribution in [0.4, 0.5) is 5.69 Å². The van der Waals surface area contributed by atoms with E-state index in [0.717, 1.165) is 77.8 Å². The highest BCUT2D eigenvalue weighted by Gasteiger charge is 2.45. The molecule has 0 aliphatic carbocycles. The number of hydrogen-bond donors (Lipinski definition) is 0. The Morgan fingerprint density at radius 2 is 0.949 bits per heavy atom. The summed E-state index contributed by atoms with van der Waals surface area (Å²) in [5.74, 6) is 3.32.